The molecule has 0 bridgehead atoms. The van der Waals surface area contributed by atoms with Gasteiger partial charge in [0.2, 0.25) is 0 Å². The lowest BCUT2D eigenvalue weighted by atomic mass is 10.1. The lowest BCUT2D eigenvalue weighted by molar-refractivity contribution is 0.428. The summed E-state index contributed by atoms with van der Waals surface area (Å²) >= 11 is 3.14. The highest BCUT2D eigenvalue weighted by molar-refractivity contribution is 9.10. The van der Waals surface area contributed by atoms with E-state index in [9.17, 15) is 4.39 Å². The van der Waals surface area contributed by atoms with Gasteiger partial charge < -0.3 is 10.6 Å². The van der Waals surface area contributed by atoms with Crippen molar-refractivity contribution in [1.82, 2.24) is 10.6 Å². The van der Waals surface area contributed by atoms with Gasteiger partial charge >= 0.3 is 0 Å². The van der Waals surface area contributed by atoms with Crippen LogP contribution in [-0.4, -0.2) is 19.6 Å². The Morgan fingerprint density at radius 3 is 2.86 bits per heavy atom. The summed E-state index contributed by atoms with van der Waals surface area (Å²) in [7, 11) is 0. The van der Waals surface area contributed by atoms with Gasteiger partial charge in [0, 0.05) is 25.7 Å². The van der Waals surface area contributed by atoms with Crippen LogP contribution in [0.5, 0.6) is 0 Å². The Morgan fingerprint density at radius 2 is 2.21 bits per heavy atom. The summed E-state index contributed by atoms with van der Waals surface area (Å²) in [6.07, 6.45) is 0. The molecule has 76 valence electrons. The quantitative estimate of drug-likeness (QED) is 0.803. The first kappa shape index (κ1) is 10.1. The van der Waals surface area contributed by atoms with Gasteiger partial charge in [-0.05, 0) is 33.6 Å². The molecule has 0 aliphatic carbocycles. The normalized spacial score (nSPS) is 22.3. The van der Waals surface area contributed by atoms with Gasteiger partial charge in [0.25, 0.3) is 0 Å². The number of piperazine rings is 1. The number of halogens is 2. The van der Waals surface area contributed by atoms with Crippen LogP contribution in [0.2, 0.25) is 0 Å². The van der Waals surface area contributed by atoms with E-state index < -0.39 is 0 Å². The van der Waals surface area contributed by atoms with Crippen molar-refractivity contribution in [2.75, 3.05) is 19.6 Å². The highest BCUT2D eigenvalue weighted by Crippen LogP contribution is 2.20. The highest BCUT2D eigenvalue weighted by Gasteiger charge is 2.14. The second kappa shape index (κ2) is 4.38. The van der Waals surface area contributed by atoms with E-state index in [1.165, 1.54) is 0 Å². The monoisotopic (exact) mass is 258 g/mol. The molecule has 2 rings (SSSR count). The van der Waals surface area contributed by atoms with Gasteiger partial charge in [0.05, 0.1) is 4.47 Å². The number of nitrogens with one attached hydrogen (secondary N) is 2. The SMILES string of the molecule is Fc1cc([C@H]2CNCCN2)ccc1Br. The fourth-order valence-corrected chi connectivity index (χ4v) is 1.86. The molecule has 1 heterocycles. The van der Waals surface area contributed by atoms with Crippen LogP contribution in [0.1, 0.15) is 11.6 Å². The molecule has 2 N–H and O–H groups in total. The maximum atomic E-state index is 13.2. The molecule has 1 aliphatic rings. The molecule has 1 aromatic rings. The maximum absolute atomic E-state index is 13.2. The van der Waals surface area contributed by atoms with E-state index in [2.05, 4.69) is 26.6 Å². The van der Waals surface area contributed by atoms with Gasteiger partial charge in [-0.15, -0.1) is 0 Å². The number of hydrogen-bond donors (Lipinski definition) is 2. The number of benzene rings is 1. The minimum absolute atomic E-state index is 0.199. The summed E-state index contributed by atoms with van der Waals surface area (Å²) in [6.45, 7) is 2.78. The van der Waals surface area contributed by atoms with Crippen LogP contribution in [0.25, 0.3) is 0 Å². The Kier molecular flexibility index (Phi) is 3.15. The average molecular weight is 259 g/mol. The van der Waals surface area contributed by atoms with Crippen molar-refractivity contribution >= 4 is 15.9 Å². The van der Waals surface area contributed by atoms with Gasteiger partial charge in [-0.2, -0.15) is 0 Å². The molecule has 0 radical (unpaired) electrons. The van der Waals surface area contributed by atoms with Crippen molar-refractivity contribution < 1.29 is 4.39 Å². The van der Waals surface area contributed by atoms with E-state index in [0.717, 1.165) is 25.2 Å². The van der Waals surface area contributed by atoms with E-state index in [-0.39, 0.29) is 11.9 Å². The predicted octanol–water partition coefficient (Wildman–Crippen LogP) is 1.82. The number of hydrogen-bond acceptors (Lipinski definition) is 2. The minimum atomic E-state index is -0.199. The maximum Gasteiger partial charge on any atom is 0.137 e. The molecule has 0 spiro atoms. The van der Waals surface area contributed by atoms with Crippen LogP contribution in [0.3, 0.4) is 0 Å². The Hall–Kier alpha value is -0.450. The predicted molar refractivity (Wildman–Crippen MR) is 57.7 cm³/mol. The largest absolute Gasteiger partial charge is 0.314 e. The first-order valence-corrected chi connectivity index (χ1v) is 5.46. The molecule has 1 saturated heterocycles. The third-order valence-corrected chi connectivity index (χ3v) is 3.03. The molecule has 0 saturated carbocycles. The molecule has 4 heteroatoms. The molecule has 1 fully saturated rings. The summed E-state index contributed by atoms with van der Waals surface area (Å²) in [4.78, 5) is 0. The van der Waals surface area contributed by atoms with Crippen LogP contribution in [0.4, 0.5) is 4.39 Å². The van der Waals surface area contributed by atoms with Gasteiger partial charge in [-0.25, -0.2) is 4.39 Å². The van der Waals surface area contributed by atoms with Crippen LogP contribution in [0, 0.1) is 5.82 Å². The van der Waals surface area contributed by atoms with E-state index in [1.807, 2.05) is 6.07 Å². The lowest BCUT2D eigenvalue weighted by Crippen LogP contribution is -2.42. The molecular weight excluding hydrogens is 247 g/mol. The summed E-state index contributed by atoms with van der Waals surface area (Å²) in [5.41, 5.74) is 0.998. The smallest absolute Gasteiger partial charge is 0.137 e. The third-order valence-electron chi connectivity index (χ3n) is 2.39. The summed E-state index contributed by atoms with van der Waals surface area (Å²) in [5.74, 6) is -0.199. The van der Waals surface area contributed by atoms with Gasteiger partial charge in [-0.1, -0.05) is 6.07 Å². The van der Waals surface area contributed by atoms with E-state index in [0.29, 0.717) is 4.47 Å². The molecule has 14 heavy (non-hydrogen) atoms. The van der Waals surface area contributed by atoms with Crippen LogP contribution >= 0.6 is 15.9 Å². The van der Waals surface area contributed by atoms with E-state index in [1.54, 1.807) is 12.1 Å². The summed E-state index contributed by atoms with van der Waals surface area (Å²) in [6, 6.07) is 5.50. The molecule has 1 atom stereocenters. The van der Waals surface area contributed by atoms with E-state index in [4.69, 9.17) is 0 Å². The van der Waals surface area contributed by atoms with E-state index >= 15 is 0 Å². The third kappa shape index (κ3) is 2.13. The van der Waals surface area contributed by atoms with Gasteiger partial charge in [0.1, 0.15) is 5.82 Å². The Labute approximate surface area is 91.0 Å². The Balaban J connectivity index is 2.18. The van der Waals surface area contributed by atoms with Crippen molar-refractivity contribution in [3.63, 3.8) is 0 Å². The Bertz CT molecular complexity index is 324. The number of rotatable bonds is 1. The topological polar surface area (TPSA) is 24.1 Å². The second-order valence-corrected chi connectivity index (χ2v) is 4.24. The minimum Gasteiger partial charge on any atom is -0.314 e. The first-order chi connectivity index (χ1) is 6.77. The molecule has 2 nitrogen and oxygen atoms in total. The lowest BCUT2D eigenvalue weighted by Gasteiger charge is -2.24. The highest BCUT2D eigenvalue weighted by atomic mass is 79.9. The molecule has 1 aliphatic heterocycles. The zero-order valence-electron chi connectivity index (χ0n) is 7.69. The molecule has 0 aromatic heterocycles. The molecule has 0 amide bonds. The summed E-state index contributed by atoms with van der Waals surface area (Å²) < 4.78 is 13.8. The van der Waals surface area contributed by atoms with Crippen molar-refractivity contribution in [3.8, 4) is 0 Å². The second-order valence-electron chi connectivity index (χ2n) is 3.38. The first-order valence-electron chi connectivity index (χ1n) is 4.66. The zero-order valence-corrected chi connectivity index (χ0v) is 9.27. The van der Waals surface area contributed by atoms with Crippen molar-refractivity contribution in [2.45, 2.75) is 6.04 Å². The van der Waals surface area contributed by atoms with Crippen molar-refractivity contribution in [3.05, 3.63) is 34.1 Å². The molecule has 0 unspecified atom stereocenters. The summed E-state index contributed by atoms with van der Waals surface area (Å²) in [5, 5.41) is 6.61. The van der Waals surface area contributed by atoms with Gasteiger partial charge in [-0.3, -0.25) is 0 Å². The van der Waals surface area contributed by atoms with Crippen molar-refractivity contribution in [2.24, 2.45) is 0 Å². The van der Waals surface area contributed by atoms with Gasteiger partial charge in [0.15, 0.2) is 0 Å². The van der Waals surface area contributed by atoms with Crippen LogP contribution in [-0.2, 0) is 0 Å². The van der Waals surface area contributed by atoms with Crippen LogP contribution < -0.4 is 10.6 Å². The fraction of sp³-hybridized carbons (Fsp3) is 0.400. The Morgan fingerprint density at radius 1 is 1.36 bits per heavy atom. The van der Waals surface area contributed by atoms with Crippen molar-refractivity contribution in [1.29, 1.82) is 0 Å². The standard InChI is InChI=1S/C10H12BrFN2/c11-8-2-1-7(5-9(8)12)10-6-13-3-4-14-10/h1-2,5,10,13-14H,3-4,6H2/t10-/m1/s1. The fourth-order valence-electron chi connectivity index (χ4n) is 1.62. The van der Waals surface area contributed by atoms with Crippen LogP contribution in [0.15, 0.2) is 22.7 Å². The molecular formula is C10H12BrFN2. The average Bonchev–Trinajstić information content (AvgIpc) is 2.23. The molecule has 1 aromatic carbocycles. The zero-order chi connectivity index (χ0) is 9.97.